The van der Waals surface area contributed by atoms with Gasteiger partial charge in [0.05, 0.1) is 0 Å². The maximum Gasteiger partial charge on any atom is 0.306 e. The molecule has 0 amide bonds. The Bertz CT molecular complexity index is 996. The maximum atomic E-state index is 12.9. The molecule has 0 heterocycles. The number of unbranched alkanes of at least 4 members (excludes halogenated alkanes) is 42. The van der Waals surface area contributed by atoms with Crippen LogP contribution in [0.15, 0.2) is 0 Å². The summed E-state index contributed by atoms with van der Waals surface area (Å²) in [5.41, 5.74) is 0. The van der Waals surface area contributed by atoms with Gasteiger partial charge in [0.15, 0.2) is 6.10 Å². The third-order valence-electron chi connectivity index (χ3n) is 13.8. The van der Waals surface area contributed by atoms with Crippen LogP contribution in [0, 0.1) is 5.92 Å². The van der Waals surface area contributed by atoms with Crippen LogP contribution in [0.3, 0.4) is 0 Å². The highest BCUT2D eigenvalue weighted by Gasteiger charge is 2.19. The summed E-state index contributed by atoms with van der Waals surface area (Å²) in [7, 11) is 0. The Kier molecular flexibility index (Phi) is 53.0. The minimum atomic E-state index is -0.762. The average molecular weight is 934 g/mol. The van der Waals surface area contributed by atoms with E-state index in [1.54, 1.807) is 0 Å². The van der Waals surface area contributed by atoms with E-state index in [0.29, 0.717) is 19.3 Å². The SMILES string of the molecule is CCCCCCCCCCCCCCCCCCCCCC(=O)OC[C@H](COC(=O)CCCCCCCCCC(C)C)OC(=O)CCCCCCCCCCCCCCCCCCCCC. The van der Waals surface area contributed by atoms with Gasteiger partial charge in [0, 0.05) is 19.3 Å². The van der Waals surface area contributed by atoms with Crippen LogP contribution >= 0.6 is 0 Å². The van der Waals surface area contributed by atoms with Crippen molar-refractivity contribution in [3.63, 3.8) is 0 Å². The van der Waals surface area contributed by atoms with Gasteiger partial charge in [-0.2, -0.15) is 0 Å². The molecule has 0 aromatic rings. The van der Waals surface area contributed by atoms with Gasteiger partial charge < -0.3 is 14.2 Å². The zero-order chi connectivity index (χ0) is 48.1. The van der Waals surface area contributed by atoms with E-state index in [0.717, 1.165) is 63.7 Å². The molecule has 0 aromatic carbocycles. The van der Waals surface area contributed by atoms with Crippen LogP contribution in [-0.2, 0) is 28.6 Å². The van der Waals surface area contributed by atoms with Crippen molar-refractivity contribution in [2.45, 2.75) is 348 Å². The van der Waals surface area contributed by atoms with Crippen molar-refractivity contribution >= 4 is 17.9 Å². The van der Waals surface area contributed by atoms with E-state index in [4.69, 9.17) is 14.2 Å². The molecule has 0 rings (SSSR count). The summed E-state index contributed by atoms with van der Waals surface area (Å²) in [6.45, 7) is 9.01. The van der Waals surface area contributed by atoms with Crippen molar-refractivity contribution in [3.05, 3.63) is 0 Å². The lowest BCUT2D eigenvalue weighted by Gasteiger charge is -2.18. The molecule has 392 valence electrons. The molecular weight excluding hydrogens is 817 g/mol. The Morgan fingerprint density at radius 1 is 0.288 bits per heavy atom. The zero-order valence-corrected chi connectivity index (χ0v) is 45.2. The van der Waals surface area contributed by atoms with Gasteiger partial charge in [0.2, 0.25) is 0 Å². The predicted molar refractivity (Wildman–Crippen MR) is 284 cm³/mol. The average Bonchev–Trinajstić information content (AvgIpc) is 3.30. The van der Waals surface area contributed by atoms with E-state index in [9.17, 15) is 14.4 Å². The van der Waals surface area contributed by atoms with Crippen LogP contribution in [0.4, 0.5) is 0 Å². The lowest BCUT2D eigenvalue weighted by Crippen LogP contribution is -2.30. The van der Waals surface area contributed by atoms with Crippen LogP contribution in [0.5, 0.6) is 0 Å². The minimum Gasteiger partial charge on any atom is -0.462 e. The van der Waals surface area contributed by atoms with E-state index < -0.39 is 6.10 Å². The highest BCUT2D eigenvalue weighted by atomic mass is 16.6. The quantitative estimate of drug-likeness (QED) is 0.0343. The van der Waals surface area contributed by atoms with Gasteiger partial charge >= 0.3 is 17.9 Å². The number of ether oxygens (including phenoxy) is 3. The molecule has 0 radical (unpaired) electrons. The third-order valence-corrected chi connectivity index (χ3v) is 13.8. The first kappa shape index (κ1) is 64.4. The Morgan fingerprint density at radius 2 is 0.500 bits per heavy atom. The normalized spacial score (nSPS) is 12.0. The van der Waals surface area contributed by atoms with Crippen LogP contribution < -0.4 is 0 Å². The Hall–Kier alpha value is -1.59. The molecule has 0 N–H and O–H groups in total. The number of rotatable bonds is 55. The van der Waals surface area contributed by atoms with Gasteiger partial charge in [-0.15, -0.1) is 0 Å². The molecule has 0 saturated carbocycles. The van der Waals surface area contributed by atoms with E-state index in [1.165, 1.54) is 238 Å². The topological polar surface area (TPSA) is 78.9 Å². The molecule has 0 unspecified atom stereocenters. The molecule has 66 heavy (non-hydrogen) atoms. The van der Waals surface area contributed by atoms with Crippen molar-refractivity contribution in [2.24, 2.45) is 5.92 Å². The molecule has 6 nitrogen and oxygen atoms in total. The van der Waals surface area contributed by atoms with Crippen LogP contribution in [0.25, 0.3) is 0 Å². The van der Waals surface area contributed by atoms with Gasteiger partial charge in [-0.1, -0.05) is 304 Å². The highest BCUT2D eigenvalue weighted by molar-refractivity contribution is 5.71. The van der Waals surface area contributed by atoms with Gasteiger partial charge in [-0.05, 0) is 25.2 Å². The summed E-state index contributed by atoms with van der Waals surface area (Å²) < 4.78 is 16.9. The standard InChI is InChI=1S/C60H116O6/c1-5-7-9-11-13-15-17-19-21-23-25-27-29-31-33-35-39-43-47-51-58(61)64-54-57(55-65-59(62)52-48-44-41-37-38-42-46-50-56(3)4)66-60(63)53-49-45-40-36-34-32-30-28-26-24-22-20-18-16-14-12-10-8-6-2/h56-57H,5-55H2,1-4H3/t57-/m1/s1. The molecule has 0 bridgehead atoms. The maximum absolute atomic E-state index is 12.9. The highest BCUT2D eigenvalue weighted by Crippen LogP contribution is 2.18. The molecular formula is C60H116O6. The minimum absolute atomic E-state index is 0.0625. The third kappa shape index (κ3) is 53.4. The lowest BCUT2D eigenvalue weighted by molar-refractivity contribution is -0.167. The number of carbonyl (C=O) groups is 3. The van der Waals surface area contributed by atoms with Gasteiger partial charge in [-0.3, -0.25) is 14.4 Å². The van der Waals surface area contributed by atoms with Crippen LogP contribution in [-0.4, -0.2) is 37.2 Å². The fourth-order valence-electron chi connectivity index (χ4n) is 9.28. The van der Waals surface area contributed by atoms with Gasteiger partial charge in [-0.25, -0.2) is 0 Å². The van der Waals surface area contributed by atoms with Gasteiger partial charge in [0.1, 0.15) is 13.2 Å². The van der Waals surface area contributed by atoms with E-state index in [-0.39, 0.29) is 31.1 Å². The van der Waals surface area contributed by atoms with Crippen molar-refractivity contribution in [3.8, 4) is 0 Å². The summed E-state index contributed by atoms with van der Waals surface area (Å²) in [5.74, 6) is -0.0569. The second-order valence-electron chi connectivity index (χ2n) is 21.1. The second-order valence-corrected chi connectivity index (χ2v) is 21.1. The van der Waals surface area contributed by atoms with E-state index >= 15 is 0 Å². The number of hydrogen-bond donors (Lipinski definition) is 0. The Morgan fingerprint density at radius 3 is 0.742 bits per heavy atom. The summed E-state index contributed by atoms with van der Waals surface area (Å²) in [6, 6.07) is 0. The molecule has 0 aromatic heterocycles. The van der Waals surface area contributed by atoms with E-state index in [1.807, 2.05) is 0 Å². The molecule has 0 saturated heterocycles. The molecule has 0 spiro atoms. The largest absolute Gasteiger partial charge is 0.462 e. The molecule has 0 aliphatic carbocycles. The van der Waals surface area contributed by atoms with Crippen LogP contribution in [0.1, 0.15) is 342 Å². The number of hydrogen-bond acceptors (Lipinski definition) is 6. The van der Waals surface area contributed by atoms with E-state index in [2.05, 4.69) is 27.7 Å². The fourth-order valence-corrected chi connectivity index (χ4v) is 9.28. The Labute approximate surface area is 412 Å². The van der Waals surface area contributed by atoms with Crippen molar-refractivity contribution in [1.82, 2.24) is 0 Å². The monoisotopic (exact) mass is 933 g/mol. The summed E-state index contributed by atoms with van der Waals surface area (Å²) in [5, 5.41) is 0. The van der Waals surface area contributed by atoms with Gasteiger partial charge in [0.25, 0.3) is 0 Å². The molecule has 0 aliphatic rings. The smallest absolute Gasteiger partial charge is 0.306 e. The summed E-state index contributed by atoms with van der Waals surface area (Å²) in [6.07, 6.45) is 59.7. The lowest BCUT2D eigenvalue weighted by atomic mass is 10.0. The fraction of sp³-hybridized carbons (Fsp3) is 0.950. The first-order valence-corrected chi connectivity index (χ1v) is 29.9. The molecule has 0 fully saturated rings. The van der Waals surface area contributed by atoms with Crippen molar-refractivity contribution in [1.29, 1.82) is 0 Å². The molecule has 0 aliphatic heterocycles. The Balaban J connectivity index is 4.21. The molecule has 6 heteroatoms. The first-order chi connectivity index (χ1) is 32.4. The first-order valence-electron chi connectivity index (χ1n) is 29.9. The second kappa shape index (κ2) is 54.4. The van der Waals surface area contributed by atoms with Crippen molar-refractivity contribution in [2.75, 3.05) is 13.2 Å². The zero-order valence-electron chi connectivity index (χ0n) is 45.2. The number of carbonyl (C=O) groups excluding carboxylic acids is 3. The molecule has 1 atom stereocenters. The predicted octanol–water partition coefficient (Wildman–Crippen LogP) is 19.8. The van der Waals surface area contributed by atoms with Crippen LogP contribution in [0.2, 0.25) is 0 Å². The number of esters is 3. The summed E-state index contributed by atoms with van der Waals surface area (Å²) >= 11 is 0. The summed E-state index contributed by atoms with van der Waals surface area (Å²) in [4.78, 5) is 38.1. The van der Waals surface area contributed by atoms with Crippen molar-refractivity contribution < 1.29 is 28.6 Å².